The molecule has 1 aromatic heterocycles. The van der Waals surface area contributed by atoms with Crippen LogP contribution in [-0.4, -0.2) is 26.2 Å². The van der Waals surface area contributed by atoms with E-state index in [4.69, 9.17) is 0 Å². The number of hydrogen-bond donors (Lipinski definition) is 1. The first kappa shape index (κ1) is 12.0. The molecule has 0 amide bonds. The fourth-order valence-corrected chi connectivity index (χ4v) is 3.54. The Hall–Kier alpha value is -1.06. The Bertz CT molecular complexity index is 538. The fourth-order valence-electron chi connectivity index (χ4n) is 2.44. The summed E-state index contributed by atoms with van der Waals surface area (Å²) in [5.74, 6) is 0.630. The van der Waals surface area contributed by atoms with Gasteiger partial charge < -0.3 is 10.2 Å². The summed E-state index contributed by atoms with van der Waals surface area (Å²) < 4.78 is 1.43. The van der Waals surface area contributed by atoms with Gasteiger partial charge in [-0.1, -0.05) is 19.9 Å². The molecule has 0 spiro atoms. The lowest BCUT2D eigenvalue weighted by molar-refractivity contribution is 0.589. The van der Waals surface area contributed by atoms with Crippen molar-refractivity contribution in [3.63, 3.8) is 0 Å². The molecule has 0 atom stereocenters. The second kappa shape index (κ2) is 4.90. The van der Waals surface area contributed by atoms with Crippen molar-refractivity contribution in [3.05, 3.63) is 29.1 Å². The lowest BCUT2D eigenvalue weighted by atomic mass is 10.1. The van der Waals surface area contributed by atoms with Gasteiger partial charge in [0.25, 0.3) is 0 Å². The van der Waals surface area contributed by atoms with E-state index in [1.54, 1.807) is 0 Å². The molecule has 1 aliphatic rings. The van der Waals surface area contributed by atoms with Gasteiger partial charge in [0.1, 0.15) is 0 Å². The van der Waals surface area contributed by atoms with E-state index in [0.717, 1.165) is 26.2 Å². The number of hydrogen-bond acceptors (Lipinski definition) is 3. The van der Waals surface area contributed by atoms with Gasteiger partial charge in [0.2, 0.25) is 0 Å². The standard InChI is InChI=1S/C15H20N2S/c1-11(2)14-9-12-3-4-13(10-15(12)18-14)17-7-5-16-6-8-17/h3-4,9-11,16H,5-8H2,1-2H3. The number of thiophene rings is 1. The van der Waals surface area contributed by atoms with E-state index in [9.17, 15) is 0 Å². The van der Waals surface area contributed by atoms with Gasteiger partial charge in [-0.25, -0.2) is 0 Å². The van der Waals surface area contributed by atoms with Crippen molar-refractivity contribution in [1.29, 1.82) is 0 Å². The van der Waals surface area contributed by atoms with Gasteiger partial charge in [-0.05, 0) is 29.5 Å². The largest absolute Gasteiger partial charge is 0.369 e. The lowest BCUT2D eigenvalue weighted by Gasteiger charge is -2.29. The zero-order valence-corrected chi connectivity index (χ0v) is 11.9. The molecular weight excluding hydrogens is 240 g/mol. The first-order valence-corrected chi connectivity index (χ1v) is 7.55. The van der Waals surface area contributed by atoms with E-state index >= 15 is 0 Å². The highest BCUT2D eigenvalue weighted by Gasteiger charge is 2.12. The van der Waals surface area contributed by atoms with Gasteiger partial charge in [0.15, 0.2) is 0 Å². The summed E-state index contributed by atoms with van der Waals surface area (Å²) >= 11 is 1.94. The molecule has 1 aromatic carbocycles. The van der Waals surface area contributed by atoms with Gasteiger partial charge in [-0.15, -0.1) is 11.3 Å². The van der Waals surface area contributed by atoms with Crippen LogP contribution < -0.4 is 10.2 Å². The highest BCUT2D eigenvalue weighted by Crippen LogP contribution is 2.33. The number of rotatable bonds is 2. The molecule has 1 aliphatic heterocycles. The molecule has 2 heterocycles. The van der Waals surface area contributed by atoms with E-state index in [-0.39, 0.29) is 0 Å². The average Bonchev–Trinajstić information content (AvgIpc) is 2.82. The van der Waals surface area contributed by atoms with Crippen LogP contribution in [0, 0.1) is 0 Å². The molecule has 3 rings (SSSR count). The van der Waals surface area contributed by atoms with Crippen molar-refractivity contribution in [2.75, 3.05) is 31.1 Å². The summed E-state index contributed by atoms with van der Waals surface area (Å²) in [5, 5.41) is 4.79. The molecule has 1 N–H and O–H groups in total. The van der Waals surface area contributed by atoms with Crippen LogP contribution in [-0.2, 0) is 0 Å². The Morgan fingerprint density at radius 1 is 1.17 bits per heavy atom. The molecule has 18 heavy (non-hydrogen) atoms. The number of anilines is 1. The summed E-state index contributed by atoms with van der Waals surface area (Å²) in [6, 6.07) is 9.24. The van der Waals surface area contributed by atoms with Crippen LogP contribution >= 0.6 is 11.3 Å². The van der Waals surface area contributed by atoms with Crippen LogP contribution in [0.2, 0.25) is 0 Å². The fraction of sp³-hybridized carbons (Fsp3) is 0.467. The molecule has 2 aromatic rings. The summed E-state index contributed by atoms with van der Waals surface area (Å²) in [5.41, 5.74) is 1.38. The molecule has 0 unspecified atom stereocenters. The van der Waals surface area contributed by atoms with E-state index in [0.29, 0.717) is 5.92 Å². The third kappa shape index (κ3) is 2.25. The highest BCUT2D eigenvalue weighted by molar-refractivity contribution is 7.19. The zero-order valence-electron chi connectivity index (χ0n) is 11.1. The first-order valence-electron chi connectivity index (χ1n) is 6.73. The van der Waals surface area contributed by atoms with Crippen LogP contribution in [0.3, 0.4) is 0 Å². The Labute approximate surface area is 113 Å². The topological polar surface area (TPSA) is 15.3 Å². The monoisotopic (exact) mass is 260 g/mol. The molecule has 1 saturated heterocycles. The summed E-state index contributed by atoms with van der Waals surface area (Å²) in [7, 11) is 0. The number of benzene rings is 1. The van der Waals surface area contributed by atoms with E-state index in [2.05, 4.69) is 48.3 Å². The van der Waals surface area contributed by atoms with Crippen LogP contribution in [0.4, 0.5) is 5.69 Å². The maximum absolute atomic E-state index is 3.40. The maximum Gasteiger partial charge on any atom is 0.0381 e. The quantitative estimate of drug-likeness (QED) is 0.890. The number of nitrogens with one attached hydrogen (secondary N) is 1. The second-order valence-corrected chi connectivity index (χ2v) is 6.38. The minimum Gasteiger partial charge on any atom is -0.369 e. The minimum absolute atomic E-state index is 0.630. The molecule has 0 saturated carbocycles. The number of fused-ring (bicyclic) bond motifs is 1. The van der Waals surface area contributed by atoms with Crippen molar-refractivity contribution < 1.29 is 0 Å². The van der Waals surface area contributed by atoms with Gasteiger partial charge in [-0.3, -0.25) is 0 Å². The first-order chi connectivity index (χ1) is 8.74. The van der Waals surface area contributed by atoms with Crippen molar-refractivity contribution in [3.8, 4) is 0 Å². The molecule has 2 nitrogen and oxygen atoms in total. The summed E-state index contributed by atoms with van der Waals surface area (Å²) in [4.78, 5) is 3.97. The van der Waals surface area contributed by atoms with Crippen molar-refractivity contribution in [1.82, 2.24) is 5.32 Å². The molecule has 0 bridgehead atoms. The highest BCUT2D eigenvalue weighted by atomic mass is 32.1. The van der Waals surface area contributed by atoms with Gasteiger partial charge >= 0.3 is 0 Å². The van der Waals surface area contributed by atoms with Crippen molar-refractivity contribution in [2.24, 2.45) is 0 Å². The van der Waals surface area contributed by atoms with Gasteiger partial charge in [0, 0.05) is 41.4 Å². The molecule has 0 radical (unpaired) electrons. The Morgan fingerprint density at radius 3 is 2.67 bits per heavy atom. The Balaban J connectivity index is 1.94. The van der Waals surface area contributed by atoms with E-state index in [1.165, 1.54) is 20.7 Å². The average molecular weight is 260 g/mol. The summed E-state index contributed by atoms with van der Waals surface area (Å²) in [6.07, 6.45) is 0. The molecule has 3 heteroatoms. The predicted octanol–water partition coefficient (Wildman–Crippen LogP) is 3.43. The molecule has 1 fully saturated rings. The Kier molecular flexibility index (Phi) is 3.27. The van der Waals surface area contributed by atoms with E-state index < -0.39 is 0 Å². The SMILES string of the molecule is CC(C)c1cc2ccc(N3CCNCC3)cc2s1. The zero-order chi connectivity index (χ0) is 12.5. The van der Waals surface area contributed by atoms with Crippen LogP contribution in [0.15, 0.2) is 24.3 Å². The van der Waals surface area contributed by atoms with Crippen molar-refractivity contribution >= 4 is 27.1 Å². The van der Waals surface area contributed by atoms with Crippen LogP contribution in [0.25, 0.3) is 10.1 Å². The lowest BCUT2D eigenvalue weighted by Crippen LogP contribution is -2.43. The van der Waals surface area contributed by atoms with E-state index in [1.807, 2.05) is 11.3 Å². The molecule has 96 valence electrons. The predicted molar refractivity (Wildman–Crippen MR) is 81.0 cm³/mol. The smallest absolute Gasteiger partial charge is 0.0381 e. The van der Waals surface area contributed by atoms with Crippen LogP contribution in [0.5, 0.6) is 0 Å². The Morgan fingerprint density at radius 2 is 1.94 bits per heavy atom. The van der Waals surface area contributed by atoms with Gasteiger partial charge in [-0.2, -0.15) is 0 Å². The molecule has 0 aliphatic carbocycles. The third-order valence-corrected chi connectivity index (χ3v) is 4.97. The minimum atomic E-state index is 0.630. The molecular formula is C15H20N2S. The van der Waals surface area contributed by atoms with Crippen LogP contribution in [0.1, 0.15) is 24.6 Å². The normalized spacial score (nSPS) is 16.7. The third-order valence-electron chi connectivity index (χ3n) is 3.57. The number of nitrogens with zero attached hydrogens (tertiary/aromatic N) is 1. The summed E-state index contributed by atoms with van der Waals surface area (Å²) in [6.45, 7) is 8.96. The van der Waals surface area contributed by atoms with Crippen molar-refractivity contribution in [2.45, 2.75) is 19.8 Å². The second-order valence-electron chi connectivity index (χ2n) is 5.26. The number of piperazine rings is 1. The maximum atomic E-state index is 3.40. The van der Waals surface area contributed by atoms with Gasteiger partial charge in [0.05, 0.1) is 0 Å².